The van der Waals surface area contributed by atoms with Crippen LogP contribution in [0.3, 0.4) is 0 Å². The van der Waals surface area contributed by atoms with Crippen molar-refractivity contribution in [2.75, 3.05) is 0 Å². The van der Waals surface area contributed by atoms with Gasteiger partial charge in [0.1, 0.15) is 12.5 Å². The van der Waals surface area contributed by atoms with E-state index in [9.17, 15) is 15.0 Å². The molecular formula is C24H47NO3. The highest BCUT2D eigenvalue weighted by Gasteiger charge is 2.25. The minimum atomic E-state index is -0.884. The second kappa shape index (κ2) is 19.4. The second-order valence-electron chi connectivity index (χ2n) is 7.91. The number of rotatable bonds is 19. The number of hydrogen-bond acceptors (Lipinski definition) is 3. The molecule has 4 heteroatoms. The first-order valence-electron chi connectivity index (χ1n) is 11.9. The van der Waals surface area contributed by atoms with Gasteiger partial charge in [-0.15, -0.1) is 0 Å². The SMILES string of the molecule is CCCCCCCCC=CCCCCCCCC(=O)N(C(O)CC)C(O)CC. The summed E-state index contributed by atoms with van der Waals surface area (Å²) < 4.78 is 0. The summed E-state index contributed by atoms with van der Waals surface area (Å²) in [7, 11) is 0. The molecule has 0 aliphatic rings. The van der Waals surface area contributed by atoms with E-state index in [4.69, 9.17) is 0 Å². The molecule has 2 N–H and O–H groups in total. The highest BCUT2D eigenvalue weighted by atomic mass is 16.3. The second-order valence-corrected chi connectivity index (χ2v) is 7.91. The zero-order valence-corrected chi connectivity index (χ0v) is 18.9. The molecule has 0 aromatic heterocycles. The van der Waals surface area contributed by atoms with Gasteiger partial charge in [0.25, 0.3) is 0 Å². The van der Waals surface area contributed by atoms with Crippen LogP contribution in [0.5, 0.6) is 0 Å². The van der Waals surface area contributed by atoms with Gasteiger partial charge in [0, 0.05) is 6.42 Å². The first kappa shape index (κ1) is 27.1. The maximum atomic E-state index is 12.3. The smallest absolute Gasteiger partial charge is 0.226 e. The zero-order valence-electron chi connectivity index (χ0n) is 18.9. The topological polar surface area (TPSA) is 60.8 Å². The standard InChI is InChI=1S/C24H47NO3/c1-4-7-8-9-10-11-12-13-14-15-16-17-18-19-20-21-24(28)25(22(26)5-2)23(27)6-3/h13-14,22-23,26-27H,4-12,15-21H2,1-3H3. The molecule has 0 saturated heterocycles. The van der Waals surface area contributed by atoms with E-state index in [1.54, 1.807) is 0 Å². The van der Waals surface area contributed by atoms with Crippen molar-refractivity contribution in [1.82, 2.24) is 4.90 Å². The minimum absolute atomic E-state index is 0.138. The number of nitrogens with zero attached hydrogens (tertiary/aromatic N) is 1. The first-order valence-corrected chi connectivity index (χ1v) is 11.9. The number of unbranched alkanes of at least 4 members (excludes halogenated alkanes) is 11. The molecule has 0 aliphatic heterocycles. The normalized spacial score (nSPS) is 13.8. The third-order valence-corrected chi connectivity index (χ3v) is 5.31. The van der Waals surface area contributed by atoms with Gasteiger partial charge in [-0.25, -0.2) is 0 Å². The van der Waals surface area contributed by atoms with Gasteiger partial charge in [-0.3, -0.25) is 9.69 Å². The molecule has 0 bridgehead atoms. The molecule has 2 atom stereocenters. The van der Waals surface area contributed by atoms with Crippen LogP contribution in [0.1, 0.15) is 124 Å². The summed E-state index contributed by atoms with van der Waals surface area (Å²) in [4.78, 5) is 13.5. The van der Waals surface area contributed by atoms with Crippen LogP contribution in [0, 0.1) is 0 Å². The Morgan fingerprint density at radius 1 is 0.714 bits per heavy atom. The van der Waals surface area contributed by atoms with Crippen molar-refractivity contribution in [3.05, 3.63) is 12.2 Å². The fraction of sp³-hybridized carbons (Fsp3) is 0.875. The molecule has 0 aliphatic carbocycles. The lowest BCUT2D eigenvalue weighted by Crippen LogP contribution is -2.46. The van der Waals surface area contributed by atoms with Crippen LogP contribution in [0.2, 0.25) is 0 Å². The quantitative estimate of drug-likeness (QED) is 0.152. The average molecular weight is 398 g/mol. The van der Waals surface area contributed by atoms with Gasteiger partial charge in [0.2, 0.25) is 5.91 Å². The molecule has 0 rings (SSSR count). The minimum Gasteiger partial charge on any atom is -0.373 e. The third-order valence-electron chi connectivity index (χ3n) is 5.31. The molecule has 0 heterocycles. The Morgan fingerprint density at radius 3 is 1.61 bits per heavy atom. The fourth-order valence-electron chi connectivity index (χ4n) is 3.40. The highest BCUT2D eigenvalue weighted by Crippen LogP contribution is 2.14. The van der Waals surface area contributed by atoms with Crippen molar-refractivity contribution in [1.29, 1.82) is 0 Å². The van der Waals surface area contributed by atoms with Crippen molar-refractivity contribution in [2.24, 2.45) is 0 Å². The Hall–Kier alpha value is -0.870. The highest BCUT2D eigenvalue weighted by molar-refractivity contribution is 5.76. The Kier molecular flexibility index (Phi) is 18.8. The Labute approximate surface area is 174 Å². The molecule has 0 fully saturated rings. The van der Waals surface area contributed by atoms with E-state index in [1.165, 1.54) is 62.7 Å². The molecule has 2 unspecified atom stereocenters. The van der Waals surface area contributed by atoms with Gasteiger partial charge >= 0.3 is 0 Å². The molecule has 1 amide bonds. The van der Waals surface area contributed by atoms with Crippen LogP contribution in [-0.4, -0.2) is 33.5 Å². The summed E-state index contributed by atoms with van der Waals surface area (Å²) in [5, 5.41) is 19.9. The lowest BCUT2D eigenvalue weighted by Gasteiger charge is -2.31. The maximum Gasteiger partial charge on any atom is 0.226 e. The van der Waals surface area contributed by atoms with Gasteiger partial charge in [-0.05, 0) is 44.9 Å². The van der Waals surface area contributed by atoms with E-state index in [0.717, 1.165) is 25.7 Å². The van der Waals surface area contributed by atoms with E-state index in [0.29, 0.717) is 19.3 Å². The summed E-state index contributed by atoms with van der Waals surface area (Å²) >= 11 is 0. The maximum absolute atomic E-state index is 12.3. The van der Waals surface area contributed by atoms with Crippen molar-refractivity contribution in [2.45, 2.75) is 136 Å². The predicted molar refractivity (Wildman–Crippen MR) is 119 cm³/mol. The van der Waals surface area contributed by atoms with Gasteiger partial charge < -0.3 is 10.2 Å². The molecule has 0 spiro atoms. The van der Waals surface area contributed by atoms with E-state index in [2.05, 4.69) is 19.1 Å². The van der Waals surface area contributed by atoms with Crippen LogP contribution in [0.25, 0.3) is 0 Å². The van der Waals surface area contributed by atoms with E-state index in [1.807, 2.05) is 13.8 Å². The van der Waals surface area contributed by atoms with Crippen molar-refractivity contribution in [3.8, 4) is 0 Å². The lowest BCUT2D eigenvalue weighted by molar-refractivity contribution is -0.161. The van der Waals surface area contributed by atoms with E-state index in [-0.39, 0.29) is 5.91 Å². The lowest BCUT2D eigenvalue weighted by atomic mass is 10.1. The van der Waals surface area contributed by atoms with Crippen LogP contribution in [-0.2, 0) is 4.79 Å². The largest absolute Gasteiger partial charge is 0.373 e. The number of carbonyl (C=O) groups excluding carboxylic acids is 1. The Morgan fingerprint density at radius 2 is 1.14 bits per heavy atom. The monoisotopic (exact) mass is 397 g/mol. The molecular weight excluding hydrogens is 350 g/mol. The van der Waals surface area contributed by atoms with Crippen molar-refractivity contribution >= 4 is 5.91 Å². The first-order chi connectivity index (χ1) is 13.6. The molecule has 0 aromatic rings. The zero-order chi connectivity index (χ0) is 21.0. The van der Waals surface area contributed by atoms with Gasteiger partial charge in [0.05, 0.1) is 0 Å². The van der Waals surface area contributed by atoms with Gasteiger partial charge in [0.15, 0.2) is 0 Å². The number of amides is 1. The van der Waals surface area contributed by atoms with Crippen LogP contribution >= 0.6 is 0 Å². The van der Waals surface area contributed by atoms with Crippen LogP contribution in [0.15, 0.2) is 12.2 Å². The molecule has 166 valence electrons. The Bertz CT molecular complexity index is 374. The van der Waals surface area contributed by atoms with E-state index >= 15 is 0 Å². The molecule has 4 nitrogen and oxygen atoms in total. The predicted octanol–water partition coefficient (Wildman–Crippen LogP) is 6.31. The van der Waals surface area contributed by atoms with Crippen LogP contribution in [0.4, 0.5) is 0 Å². The van der Waals surface area contributed by atoms with Gasteiger partial charge in [-0.2, -0.15) is 0 Å². The molecule has 28 heavy (non-hydrogen) atoms. The number of carbonyl (C=O) groups is 1. The molecule has 0 radical (unpaired) electrons. The molecule has 0 saturated carbocycles. The summed E-state index contributed by atoms with van der Waals surface area (Å²) in [6.07, 6.45) is 20.2. The number of hydrogen-bond donors (Lipinski definition) is 2. The van der Waals surface area contributed by atoms with Crippen LogP contribution < -0.4 is 0 Å². The number of allylic oxidation sites excluding steroid dienone is 2. The fourth-order valence-corrected chi connectivity index (χ4v) is 3.40. The Balaban J connectivity index is 3.62. The summed E-state index contributed by atoms with van der Waals surface area (Å²) in [6, 6.07) is 0. The van der Waals surface area contributed by atoms with E-state index < -0.39 is 12.5 Å². The van der Waals surface area contributed by atoms with Gasteiger partial charge in [-0.1, -0.05) is 84.3 Å². The average Bonchev–Trinajstić information content (AvgIpc) is 2.70. The summed E-state index contributed by atoms with van der Waals surface area (Å²) in [6.45, 7) is 5.89. The van der Waals surface area contributed by atoms with Crippen molar-refractivity contribution in [3.63, 3.8) is 0 Å². The molecule has 0 aromatic carbocycles. The number of aliphatic hydroxyl groups is 2. The van der Waals surface area contributed by atoms with Crippen molar-refractivity contribution < 1.29 is 15.0 Å². The third kappa shape index (κ3) is 14.2. The summed E-state index contributed by atoms with van der Waals surface area (Å²) in [5.41, 5.74) is 0. The summed E-state index contributed by atoms with van der Waals surface area (Å²) in [5.74, 6) is -0.138. The number of aliphatic hydroxyl groups excluding tert-OH is 2.